The quantitative estimate of drug-likeness (QED) is 0.502. The maximum atomic E-state index is 11.1. The molecule has 1 amide bonds. The van der Waals surface area contributed by atoms with E-state index in [-0.39, 0.29) is 6.61 Å². The van der Waals surface area contributed by atoms with Gasteiger partial charge in [-0.2, -0.15) is 11.8 Å². The van der Waals surface area contributed by atoms with Crippen LogP contribution >= 0.6 is 11.8 Å². The summed E-state index contributed by atoms with van der Waals surface area (Å²) in [7, 11) is 0. The molecule has 0 radical (unpaired) electrons. The number of hydrogen-bond donors (Lipinski definition) is 2. The number of amides is 1. The molecule has 5 nitrogen and oxygen atoms in total. The highest BCUT2D eigenvalue weighted by atomic mass is 32.2. The van der Waals surface area contributed by atoms with E-state index in [0.717, 1.165) is 12.2 Å². The van der Waals surface area contributed by atoms with E-state index in [2.05, 4.69) is 16.6 Å². The Hall–Kier alpha value is -1.17. The number of hydrogen-bond acceptors (Lipinski definition) is 4. The number of rotatable bonds is 8. The van der Waals surface area contributed by atoms with Crippen LogP contribution in [0.25, 0.3) is 0 Å². The van der Waals surface area contributed by atoms with Crippen LogP contribution in [0.3, 0.4) is 0 Å². The Kier molecular flexibility index (Phi) is 8.42. The van der Waals surface area contributed by atoms with Crippen LogP contribution in [-0.2, 0) is 9.53 Å². The van der Waals surface area contributed by atoms with Gasteiger partial charge in [0, 0.05) is 0 Å². The predicted octanol–water partition coefficient (Wildman–Crippen LogP) is 1.50. The highest BCUT2D eigenvalue weighted by molar-refractivity contribution is 7.98. The Balaban J connectivity index is 3.96. The monoisotopic (exact) mass is 247 g/mol. The number of ether oxygens (including phenoxy) is 1. The average Bonchev–Trinajstić information content (AvgIpc) is 2.25. The van der Waals surface area contributed by atoms with Crippen molar-refractivity contribution < 1.29 is 19.4 Å². The first-order valence-electron chi connectivity index (χ1n) is 4.87. The van der Waals surface area contributed by atoms with Crippen LogP contribution in [0.1, 0.15) is 12.8 Å². The SMILES string of the molecule is C=CCOC(=O)NC(CCCSC)C(=O)O. The molecule has 0 aliphatic rings. The van der Waals surface area contributed by atoms with Crippen LogP contribution in [0.15, 0.2) is 12.7 Å². The fraction of sp³-hybridized carbons (Fsp3) is 0.600. The Morgan fingerprint density at radius 1 is 1.62 bits per heavy atom. The van der Waals surface area contributed by atoms with E-state index < -0.39 is 18.1 Å². The van der Waals surface area contributed by atoms with Gasteiger partial charge in [-0.1, -0.05) is 12.7 Å². The molecule has 0 heterocycles. The van der Waals surface area contributed by atoms with E-state index in [1.165, 1.54) is 6.08 Å². The number of nitrogens with one attached hydrogen (secondary N) is 1. The zero-order valence-corrected chi connectivity index (χ0v) is 10.1. The third kappa shape index (κ3) is 7.17. The summed E-state index contributed by atoms with van der Waals surface area (Å²) in [5.74, 6) is -0.177. The minimum Gasteiger partial charge on any atom is -0.480 e. The largest absolute Gasteiger partial charge is 0.480 e. The van der Waals surface area contributed by atoms with Gasteiger partial charge >= 0.3 is 12.1 Å². The van der Waals surface area contributed by atoms with Gasteiger partial charge < -0.3 is 15.2 Å². The Morgan fingerprint density at radius 3 is 2.81 bits per heavy atom. The van der Waals surface area contributed by atoms with Gasteiger partial charge in [0.1, 0.15) is 12.6 Å². The molecule has 0 fully saturated rings. The molecule has 0 aromatic heterocycles. The summed E-state index contributed by atoms with van der Waals surface area (Å²) in [5, 5.41) is 11.1. The van der Waals surface area contributed by atoms with E-state index >= 15 is 0 Å². The molecule has 1 atom stereocenters. The maximum absolute atomic E-state index is 11.1. The normalized spacial score (nSPS) is 11.6. The third-order valence-corrected chi connectivity index (χ3v) is 2.46. The van der Waals surface area contributed by atoms with Crippen LogP contribution in [0.5, 0.6) is 0 Å². The van der Waals surface area contributed by atoms with Crippen molar-refractivity contribution in [1.82, 2.24) is 5.32 Å². The van der Waals surface area contributed by atoms with Gasteiger partial charge in [0.05, 0.1) is 0 Å². The molecule has 0 aromatic rings. The van der Waals surface area contributed by atoms with Crippen LogP contribution < -0.4 is 5.32 Å². The fourth-order valence-electron chi connectivity index (χ4n) is 1.01. The molecule has 0 bridgehead atoms. The van der Waals surface area contributed by atoms with Crippen molar-refractivity contribution in [3.05, 3.63) is 12.7 Å². The summed E-state index contributed by atoms with van der Waals surface area (Å²) < 4.78 is 4.64. The van der Waals surface area contributed by atoms with Gasteiger partial charge in [0.15, 0.2) is 0 Å². The zero-order chi connectivity index (χ0) is 12.4. The minimum atomic E-state index is -1.04. The molecular weight excluding hydrogens is 230 g/mol. The number of carbonyl (C=O) groups is 2. The second kappa shape index (κ2) is 9.08. The van der Waals surface area contributed by atoms with Gasteiger partial charge in [-0.3, -0.25) is 0 Å². The fourth-order valence-corrected chi connectivity index (χ4v) is 1.46. The van der Waals surface area contributed by atoms with Crippen molar-refractivity contribution in [2.75, 3.05) is 18.6 Å². The first kappa shape index (κ1) is 14.8. The number of carboxylic acids is 1. The van der Waals surface area contributed by atoms with Crippen molar-refractivity contribution >= 4 is 23.8 Å². The maximum Gasteiger partial charge on any atom is 0.408 e. The number of carboxylic acid groups (broad SMARTS) is 1. The zero-order valence-electron chi connectivity index (χ0n) is 9.27. The molecule has 0 aliphatic carbocycles. The summed E-state index contributed by atoms with van der Waals surface area (Å²) in [6.07, 6.45) is 3.78. The number of thioether (sulfide) groups is 1. The van der Waals surface area contributed by atoms with Gasteiger partial charge in [-0.15, -0.1) is 0 Å². The van der Waals surface area contributed by atoms with Crippen LogP contribution in [0.2, 0.25) is 0 Å². The first-order chi connectivity index (χ1) is 7.61. The van der Waals surface area contributed by atoms with Crippen LogP contribution in [0, 0.1) is 0 Å². The molecule has 92 valence electrons. The summed E-state index contributed by atoms with van der Waals surface area (Å²) in [6, 6.07) is -0.885. The molecule has 1 unspecified atom stereocenters. The van der Waals surface area contributed by atoms with E-state index in [0.29, 0.717) is 6.42 Å². The molecule has 16 heavy (non-hydrogen) atoms. The Morgan fingerprint density at radius 2 is 2.31 bits per heavy atom. The van der Waals surface area contributed by atoms with Crippen molar-refractivity contribution in [2.24, 2.45) is 0 Å². The number of carbonyl (C=O) groups excluding carboxylic acids is 1. The molecule has 2 N–H and O–H groups in total. The second-order valence-corrected chi connectivity index (χ2v) is 4.04. The predicted molar refractivity (Wildman–Crippen MR) is 63.7 cm³/mol. The molecule has 0 saturated carbocycles. The molecule has 0 spiro atoms. The van der Waals surface area contributed by atoms with E-state index in [9.17, 15) is 9.59 Å². The van der Waals surface area contributed by atoms with Gasteiger partial charge in [0.2, 0.25) is 0 Å². The highest BCUT2D eigenvalue weighted by Crippen LogP contribution is 2.03. The summed E-state index contributed by atoms with van der Waals surface area (Å²) in [6.45, 7) is 3.46. The molecule has 0 saturated heterocycles. The Labute approximate surface area is 99.2 Å². The van der Waals surface area contributed by atoms with Crippen molar-refractivity contribution in [2.45, 2.75) is 18.9 Å². The Bertz CT molecular complexity index is 245. The molecular formula is C10H17NO4S. The van der Waals surface area contributed by atoms with Crippen LogP contribution in [-0.4, -0.2) is 41.8 Å². The average molecular weight is 247 g/mol. The molecule has 0 rings (SSSR count). The van der Waals surface area contributed by atoms with Gasteiger partial charge in [-0.25, -0.2) is 9.59 Å². The van der Waals surface area contributed by atoms with Gasteiger partial charge in [-0.05, 0) is 24.9 Å². The van der Waals surface area contributed by atoms with E-state index in [4.69, 9.17) is 5.11 Å². The standard InChI is InChI=1S/C10H17NO4S/c1-3-6-15-10(14)11-8(9(12)13)5-4-7-16-2/h3,8H,1,4-7H2,2H3,(H,11,14)(H,12,13). The van der Waals surface area contributed by atoms with E-state index in [1.54, 1.807) is 11.8 Å². The lowest BCUT2D eigenvalue weighted by atomic mass is 10.2. The van der Waals surface area contributed by atoms with E-state index in [1.807, 2.05) is 6.26 Å². The second-order valence-electron chi connectivity index (χ2n) is 3.06. The van der Waals surface area contributed by atoms with Gasteiger partial charge in [0.25, 0.3) is 0 Å². The summed E-state index contributed by atoms with van der Waals surface area (Å²) in [4.78, 5) is 21.9. The van der Waals surface area contributed by atoms with Crippen molar-refractivity contribution in [3.8, 4) is 0 Å². The van der Waals surface area contributed by atoms with Crippen LogP contribution in [0.4, 0.5) is 4.79 Å². The topological polar surface area (TPSA) is 75.6 Å². The molecule has 0 aliphatic heterocycles. The number of alkyl carbamates (subject to hydrolysis) is 1. The summed E-state index contributed by atoms with van der Waals surface area (Å²) in [5.41, 5.74) is 0. The summed E-state index contributed by atoms with van der Waals surface area (Å²) >= 11 is 1.64. The van der Waals surface area contributed by atoms with Crippen molar-refractivity contribution in [1.29, 1.82) is 0 Å². The van der Waals surface area contributed by atoms with Crippen molar-refractivity contribution in [3.63, 3.8) is 0 Å². The molecule has 0 aromatic carbocycles. The first-order valence-corrected chi connectivity index (χ1v) is 6.27. The lowest BCUT2D eigenvalue weighted by molar-refractivity contribution is -0.139. The highest BCUT2D eigenvalue weighted by Gasteiger charge is 2.19. The lowest BCUT2D eigenvalue weighted by Gasteiger charge is -2.13. The number of aliphatic carboxylic acids is 1. The minimum absolute atomic E-state index is 0.0724. The lowest BCUT2D eigenvalue weighted by Crippen LogP contribution is -2.41. The third-order valence-electron chi connectivity index (χ3n) is 1.76. The smallest absolute Gasteiger partial charge is 0.408 e. The molecule has 6 heteroatoms.